The van der Waals surface area contributed by atoms with Gasteiger partial charge in [-0.2, -0.15) is 5.10 Å². The van der Waals surface area contributed by atoms with Crippen LogP contribution in [0.3, 0.4) is 0 Å². The second-order valence-electron chi connectivity index (χ2n) is 4.64. The highest BCUT2D eigenvalue weighted by atomic mass is 16.5. The molecule has 0 bridgehead atoms. The van der Waals surface area contributed by atoms with Crippen molar-refractivity contribution in [2.24, 2.45) is 5.73 Å². The van der Waals surface area contributed by atoms with E-state index in [9.17, 15) is 0 Å². The number of rotatable bonds is 2. The third-order valence-corrected chi connectivity index (χ3v) is 3.56. The molecule has 94 valence electrons. The first kappa shape index (κ1) is 11.2. The molecule has 3 rings (SSSR count). The quantitative estimate of drug-likeness (QED) is 0.837. The maximum Gasteiger partial charge on any atom is 0.150 e. The van der Waals surface area contributed by atoms with Crippen LogP contribution in [0, 0.1) is 0 Å². The van der Waals surface area contributed by atoms with E-state index in [0.29, 0.717) is 13.2 Å². The number of aromatic nitrogens is 2. The van der Waals surface area contributed by atoms with Gasteiger partial charge in [0.1, 0.15) is 0 Å². The molecular weight excluding hydrogens is 218 g/mol. The number of nitrogens with zero attached hydrogens (tertiary/aromatic N) is 2. The molecule has 0 amide bonds. The molecule has 0 radical (unpaired) electrons. The molecular formula is C12H19N3O2. The van der Waals surface area contributed by atoms with Crippen molar-refractivity contribution in [1.82, 2.24) is 9.78 Å². The molecule has 0 saturated carbocycles. The maximum atomic E-state index is 5.79. The molecule has 0 spiro atoms. The fraction of sp³-hybridized carbons (Fsp3) is 0.750. The van der Waals surface area contributed by atoms with E-state index >= 15 is 0 Å². The van der Waals surface area contributed by atoms with Crippen LogP contribution in [0.25, 0.3) is 0 Å². The monoisotopic (exact) mass is 237 g/mol. The summed E-state index contributed by atoms with van der Waals surface area (Å²) < 4.78 is 13.3. The lowest BCUT2D eigenvalue weighted by molar-refractivity contribution is -0.0449. The van der Waals surface area contributed by atoms with Gasteiger partial charge < -0.3 is 15.2 Å². The van der Waals surface area contributed by atoms with Gasteiger partial charge in [0.15, 0.2) is 6.23 Å². The first-order valence-corrected chi connectivity index (χ1v) is 6.38. The number of hydrogen-bond donors (Lipinski definition) is 1. The van der Waals surface area contributed by atoms with E-state index < -0.39 is 0 Å². The Hall–Kier alpha value is -0.910. The summed E-state index contributed by atoms with van der Waals surface area (Å²) in [5.74, 6) is 0. The normalized spacial score (nSPS) is 24.6. The lowest BCUT2D eigenvalue weighted by atomic mass is 10.1. The van der Waals surface area contributed by atoms with Gasteiger partial charge in [-0.3, -0.25) is 0 Å². The third-order valence-electron chi connectivity index (χ3n) is 3.56. The molecule has 0 aliphatic carbocycles. The second kappa shape index (κ2) is 4.76. The van der Waals surface area contributed by atoms with Crippen LogP contribution in [0.4, 0.5) is 0 Å². The highest BCUT2D eigenvalue weighted by Crippen LogP contribution is 2.28. The maximum absolute atomic E-state index is 5.79. The molecule has 1 unspecified atom stereocenters. The van der Waals surface area contributed by atoms with Crippen LogP contribution in [0.5, 0.6) is 0 Å². The van der Waals surface area contributed by atoms with Crippen LogP contribution in [-0.2, 0) is 29.0 Å². The summed E-state index contributed by atoms with van der Waals surface area (Å²) >= 11 is 0. The standard InChI is InChI=1S/C12H19N3O2/c13-7-10-9-4-6-16-8-11(9)15(14-10)12-3-1-2-5-17-12/h12H,1-8,13H2. The zero-order valence-electron chi connectivity index (χ0n) is 10.0. The Labute approximate surface area is 101 Å². The molecule has 2 aliphatic rings. The van der Waals surface area contributed by atoms with E-state index in [4.69, 9.17) is 15.2 Å². The van der Waals surface area contributed by atoms with Crippen molar-refractivity contribution in [3.63, 3.8) is 0 Å². The van der Waals surface area contributed by atoms with Crippen molar-refractivity contribution in [2.45, 2.75) is 45.1 Å². The Morgan fingerprint density at radius 3 is 3.06 bits per heavy atom. The molecule has 17 heavy (non-hydrogen) atoms. The van der Waals surface area contributed by atoms with Crippen LogP contribution >= 0.6 is 0 Å². The van der Waals surface area contributed by atoms with Crippen LogP contribution < -0.4 is 5.73 Å². The van der Waals surface area contributed by atoms with Gasteiger partial charge in [0.25, 0.3) is 0 Å². The number of nitrogens with two attached hydrogens (primary N) is 1. The molecule has 0 aromatic carbocycles. The summed E-state index contributed by atoms with van der Waals surface area (Å²) in [5, 5.41) is 4.62. The molecule has 2 N–H and O–H groups in total. The van der Waals surface area contributed by atoms with Gasteiger partial charge in [-0.05, 0) is 25.7 Å². The van der Waals surface area contributed by atoms with E-state index in [2.05, 4.69) is 5.10 Å². The van der Waals surface area contributed by atoms with E-state index in [1.807, 2.05) is 4.68 Å². The van der Waals surface area contributed by atoms with E-state index in [-0.39, 0.29) is 6.23 Å². The first-order chi connectivity index (χ1) is 8.40. The molecule has 1 saturated heterocycles. The van der Waals surface area contributed by atoms with E-state index in [1.165, 1.54) is 17.7 Å². The molecule has 5 nitrogen and oxygen atoms in total. The lowest BCUT2D eigenvalue weighted by Gasteiger charge is -2.25. The molecule has 1 aromatic heterocycles. The molecule has 1 fully saturated rings. The lowest BCUT2D eigenvalue weighted by Crippen LogP contribution is -2.23. The van der Waals surface area contributed by atoms with Crippen LogP contribution in [-0.4, -0.2) is 23.0 Å². The zero-order chi connectivity index (χ0) is 11.7. The molecule has 1 aromatic rings. The predicted octanol–water partition coefficient (Wildman–Crippen LogP) is 1.11. The Morgan fingerprint density at radius 1 is 1.35 bits per heavy atom. The van der Waals surface area contributed by atoms with Crippen LogP contribution in [0.2, 0.25) is 0 Å². The molecule has 5 heteroatoms. The van der Waals surface area contributed by atoms with E-state index in [1.54, 1.807) is 0 Å². The summed E-state index contributed by atoms with van der Waals surface area (Å²) in [4.78, 5) is 0. The fourth-order valence-corrected chi connectivity index (χ4v) is 2.66. The van der Waals surface area contributed by atoms with Crippen molar-refractivity contribution >= 4 is 0 Å². The second-order valence-corrected chi connectivity index (χ2v) is 4.64. The summed E-state index contributed by atoms with van der Waals surface area (Å²) in [6, 6.07) is 0. The first-order valence-electron chi connectivity index (χ1n) is 6.38. The SMILES string of the molecule is NCc1nn(C2CCCCO2)c2c1CCOC2. The smallest absolute Gasteiger partial charge is 0.150 e. The molecule has 2 aliphatic heterocycles. The number of hydrogen-bond acceptors (Lipinski definition) is 4. The van der Waals surface area contributed by atoms with Gasteiger partial charge in [0.05, 0.1) is 24.6 Å². The molecule has 3 heterocycles. The van der Waals surface area contributed by atoms with Gasteiger partial charge in [-0.15, -0.1) is 0 Å². The minimum absolute atomic E-state index is 0.0829. The largest absolute Gasteiger partial charge is 0.375 e. The zero-order valence-corrected chi connectivity index (χ0v) is 10.0. The van der Waals surface area contributed by atoms with Gasteiger partial charge >= 0.3 is 0 Å². The van der Waals surface area contributed by atoms with Gasteiger partial charge in [0.2, 0.25) is 0 Å². The number of fused-ring (bicyclic) bond motifs is 1. The van der Waals surface area contributed by atoms with Gasteiger partial charge in [0, 0.05) is 18.7 Å². The van der Waals surface area contributed by atoms with Crippen molar-refractivity contribution in [3.05, 3.63) is 17.0 Å². The van der Waals surface area contributed by atoms with Crippen LogP contribution in [0.15, 0.2) is 0 Å². The Bertz CT molecular complexity index is 397. The fourth-order valence-electron chi connectivity index (χ4n) is 2.66. The Balaban J connectivity index is 1.95. The Kier molecular flexibility index (Phi) is 3.13. The van der Waals surface area contributed by atoms with Crippen molar-refractivity contribution in [3.8, 4) is 0 Å². The summed E-state index contributed by atoms with van der Waals surface area (Å²) in [6.07, 6.45) is 4.41. The molecule has 1 atom stereocenters. The summed E-state index contributed by atoms with van der Waals surface area (Å²) in [5.41, 5.74) is 9.23. The van der Waals surface area contributed by atoms with Crippen LogP contribution in [0.1, 0.15) is 42.4 Å². The van der Waals surface area contributed by atoms with Crippen molar-refractivity contribution in [1.29, 1.82) is 0 Å². The van der Waals surface area contributed by atoms with E-state index in [0.717, 1.165) is 38.2 Å². The summed E-state index contributed by atoms with van der Waals surface area (Å²) in [6.45, 7) is 2.75. The Morgan fingerprint density at radius 2 is 2.29 bits per heavy atom. The van der Waals surface area contributed by atoms with Gasteiger partial charge in [-0.25, -0.2) is 4.68 Å². The summed E-state index contributed by atoms with van der Waals surface area (Å²) in [7, 11) is 0. The van der Waals surface area contributed by atoms with Gasteiger partial charge in [-0.1, -0.05) is 0 Å². The average Bonchev–Trinajstić information content (AvgIpc) is 2.78. The minimum Gasteiger partial charge on any atom is -0.375 e. The van der Waals surface area contributed by atoms with Crippen molar-refractivity contribution < 1.29 is 9.47 Å². The third kappa shape index (κ3) is 1.99. The highest BCUT2D eigenvalue weighted by molar-refractivity contribution is 5.28. The topological polar surface area (TPSA) is 62.3 Å². The highest BCUT2D eigenvalue weighted by Gasteiger charge is 2.26. The minimum atomic E-state index is 0.0829. The van der Waals surface area contributed by atoms with Crippen molar-refractivity contribution in [2.75, 3.05) is 13.2 Å². The number of ether oxygens (including phenoxy) is 2. The predicted molar refractivity (Wildman–Crippen MR) is 62.3 cm³/mol. The average molecular weight is 237 g/mol.